The molecular weight excluding hydrogens is 373 g/mol. The van der Waals surface area contributed by atoms with E-state index in [0.717, 1.165) is 12.4 Å². The molecule has 1 N–H and O–H groups in total. The lowest BCUT2D eigenvalue weighted by molar-refractivity contribution is 0.0928. The number of likely N-dealkylation sites (N-methyl/N-ethyl adjacent to an activating group) is 1. The van der Waals surface area contributed by atoms with Gasteiger partial charge in [0.2, 0.25) is 0 Å². The summed E-state index contributed by atoms with van der Waals surface area (Å²) in [6, 6.07) is 3.74. The van der Waals surface area contributed by atoms with E-state index >= 15 is 0 Å². The van der Waals surface area contributed by atoms with Gasteiger partial charge in [-0.25, -0.2) is 13.9 Å². The minimum Gasteiger partial charge on any atom is -0.349 e. The number of carbonyl (C=O) groups excluding carboxylic acids is 1. The van der Waals surface area contributed by atoms with Crippen LogP contribution in [0.1, 0.15) is 29.0 Å². The molecule has 2 heterocycles. The van der Waals surface area contributed by atoms with E-state index in [2.05, 4.69) is 10.4 Å². The largest absolute Gasteiger partial charge is 0.349 e. The lowest BCUT2D eigenvalue weighted by Gasteiger charge is -2.16. The van der Waals surface area contributed by atoms with Gasteiger partial charge in [0.25, 0.3) is 5.91 Å². The Morgan fingerprint density at radius 1 is 1.41 bits per heavy atom. The molecule has 0 bridgehead atoms. The van der Waals surface area contributed by atoms with Crippen molar-refractivity contribution >= 4 is 17.5 Å². The molecule has 1 unspecified atom stereocenters. The number of benzene rings is 1. The summed E-state index contributed by atoms with van der Waals surface area (Å²) in [6.45, 7) is 1.75. The maximum absolute atomic E-state index is 13.9. The van der Waals surface area contributed by atoms with E-state index in [0.29, 0.717) is 37.4 Å². The number of halogens is 2. The van der Waals surface area contributed by atoms with Gasteiger partial charge >= 0.3 is 5.69 Å². The fourth-order valence-corrected chi connectivity index (χ4v) is 3.32. The Morgan fingerprint density at radius 3 is 2.93 bits per heavy atom. The highest BCUT2D eigenvalue weighted by Crippen LogP contribution is 2.17. The van der Waals surface area contributed by atoms with Gasteiger partial charge in [0.15, 0.2) is 0 Å². The van der Waals surface area contributed by atoms with Gasteiger partial charge in [-0.3, -0.25) is 9.36 Å². The van der Waals surface area contributed by atoms with Crippen molar-refractivity contribution in [2.75, 3.05) is 20.6 Å². The average molecular weight is 396 g/mol. The Labute approximate surface area is 161 Å². The van der Waals surface area contributed by atoms with E-state index < -0.39 is 11.7 Å². The van der Waals surface area contributed by atoms with Crippen molar-refractivity contribution in [1.82, 2.24) is 24.6 Å². The zero-order chi connectivity index (χ0) is 19.6. The van der Waals surface area contributed by atoms with Crippen LogP contribution in [0.3, 0.4) is 0 Å². The molecule has 3 rings (SSSR count). The second-order valence-corrected chi connectivity index (χ2v) is 7.44. The molecule has 0 saturated heterocycles. The SMILES string of the molecule is CN(C)CCn1nc2n(c1=O)CCC(NC(=O)c1cc(Cl)ccc1F)CC2. The Kier molecular flexibility index (Phi) is 5.96. The van der Waals surface area contributed by atoms with Crippen molar-refractivity contribution in [3.63, 3.8) is 0 Å². The summed E-state index contributed by atoms with van der Waals surface area (Å²) >= 11 is 5.86. The Hall–Kier alpha value is -2.19. The van der Waals surface area contributed by atoms with Gasteiger partial charge in [-0.1, -0.05) is 11.6 Å². The third-order valence-corrected chi connectivity index (χ3v) is 4.92. The smallest absolute Gasteiger partial charge is 0.345 e. The van der Waals surface area contributed by atoms with Gasteiger partial charge in [-0.05, 0) is 45.1 Å². The monoisotopic (exact) mass is 395 g/mol. The molecule has 1 amide bonds. The van der Waals surface area contributed by atoms with Crippen LogP contribution in [-0.2, 0) is 19.5 Å². The third kappa shape index (κ3) is 4.56. The van der Waals surface area contributed by atoms with E-state index in [1.807, 2.05) is 19.0 Å². The van der Waals surface area contributed by atoms with Crippen LogP contribution in [0.4, 0.5) is 4.39 Å². The Bertz CT molecular complexity index is 892. The maximum atomic E-state index is 13.9. The van der Waals surface area contributed by atoms with Gasteiger partial charge in [-0.15, -0.1) is 0 Å². The Morgan fingerprint density at radius 2 is 2.19 bits per heavy atom. The molecule has 1 aliphatic rings. The number of fused-ring (bicyclic) bond motifs is 1. The summed E-state index contributed by atoms with van der Waals surface area (Å²) in [5.74, 6) is -0.380. The molecule has 0 radical (unpaired) electrons. The summed E-state index contributed by atoms with van der Waals surface area (Å²) in [5.41, 5.74) is -0.199. The van der Waals surface area contributed by atoms with Crippen molar-refractivity contribution in [1.29, 1.82) is 0 Å². The zero-order valence-electron chi connectivity index (χ0n) is 15.4. The van der Waals surface area contributed by atoms with Crippen LogP contribution in [0.2, 0.25) is 5.02 Å². The molecule has 1 atom stereocenters. The summed E-state index contributed by atoms with van der Waals surface area (Å²) in [6.07, 6.45) is 1.80. The van der Waals surface area contributed by atoms with Crippen molar-refractivity contribution in [2.45, 2.75) is 38.4 Å². The number of amides is 1. The van der Waals surface area contributed by atoms with Crippen LogP contribution >= 0.6 is 11.6 Å². The van der Waals surface area contributed by atoms with Crippen LogP contribution in [-0.4, -0.2) is 51.8 Å². The van der Waals surface area contributed by atoms with Crippen LogP contribution < -0.4 is 11.0 Å². The second-order valence-electron chi connectivity index (χ2n) is 7.00. The normalized spacial score (nSPS) is 16.9. The number of hydrogen-bond acceptors (Lipinski definition) is 4. The molecule has 0 spiro atoms. The van der Waals surface area contributed by atoms with Gasteiger partial charge in [0, 0.05) is 30.6 Å². The molecule has 1 aromatic heterocycles. The fraction of sp³-hybridized carbons (Fsp3) is 0.500. The minimum atomic E-state index is -0.609. The van der Waals surface area contributed by atoms with Crippen molar-refractivity contribution < 1.29 is 9.18 Å². The van der Waals surface area contributed by atoms with Crippen molar-refractivity contribution in [3.05, 3.63) is 50.9 Å². The van der Waals surface area contributed by atoms with E-state index in [1.54, 1.807) is 4.57 Å². The minimum absolute atomic E-state index is 0.0736. The molecule has 9 heteroatoms. The first-order valence-corrected chi connectivity index (χ1v) is 9.30. The van der Waals surface area contributed by atoms with Gasteiger partial charge in [-0.2, -0.15) is 5.10 Å². The number of nitrogens with zero attached hydrogens (tertiary/aromatic N) is 4. The lowest BCUT2D eigenvalue weighted by atomic mass is 10.1. The topological polar surface area (TPSA) is 72.2 Å². The highest BCUT2D eigenvalue weighted by atomic mass is 35.5. The molecule has 1 aliphatic heterocycles. The van der Waals surface area contributed by atoms with E-state index in [4.69, 9.17) is 11.6 Å². The number of nitrogens with one attached hydrogen (secondary N) is 1. The predicted molar refractivity (Wildman–Crippen MR) is 101 cm³/mol. The number of carbonyl (C=O) groups is 1. The molecule has 0 aliphatic carbocycles. The molecule has 2 aromatic rings. The summed E-state index contributed by atoms with van der Waals surface area (Å²) in [4.78, 5) is 26.9. The van der Waals surface area contributed by atoms with Gasteiger partial charge < -0.3 is 10.2 Å². The first-order valence-electron chi connectivity index (χ1n) is 8.92. The quantitative estimate of drug-likeness (QED) is 0.833. The molecule has 0 saturated carbocycles. The van der Waals surface area contributed by atoms with E-state index in [9.17, 15) is 14.0 Å². The van der Waals surface area contributed by atoms with Crippen LogP contribution in [0.25, 0.3) is 0 Å². The highest BCUT2D eigenvalue weighted by Gasteiger charge is 2.23. The van der Waals surface area contributed by atoms with E-state index in [1.165, 1.54) is 22.9 Å². The predicted octanol–water partition coefficient (Wildman–Crippen LogP) is 1.53. The van der Waals surface area contributed by atoms with Gasteiger partial charge in [0.05, 0.1) is 12.1 Å². The Balaban J connectivity index is 1.66. The third-order valence-electron chi connectivity index (χ3n) is 4.68. The molecule has 7 nitrogen and oxygen atoms in total. The standard InChI is InChI=1S/C18H23ClFN5O2/c1-23(2)9-10-25-18(27)24-8-7-13(4-6-16(24)22-25)21-17(26)14-11-12(19)3-5-15(14)20/h3,5,11,13H,4,6-10H2,1-2H3,(H,21,26). The highest BCUT2D eigenvalue weighted by molar-refractivity contribution is 6.31. The zero-order valence-corrected chi connectivity index (χ0v) is 16.2. The average Bonchev–Trinajstić information content (AvgIpc) is 2.78. The van der Waals surface area contributed by atoms with Crippen molar-refractivity contribution in [2.24, 2.45) is 0 Å². The molecule has 146 valence electrons. The fourth-order valence-electron chi connectivity index (χ4n) is 3.15. The molecular formula is C18H23ClFN5O2. The molecule has 1 aromatic carbocycles. The summed E-state index contributed by atoms with van der Waals surface area (Å²) in [7, 11) is 3.89. The molecule has 27 heavy (non-hydrogen) atoms. The first kappa shape index (κ1) is 19.6. The number of rotatable bonds is 5. The van der Waals surface area contributed by atoms with Crippen LogP contribution in [0, 0.1) is 5.82 Å². The second kappa shape index (κ2) is 8.22. The van der Waals surface area contributed by atoms with Crippen LogP contribution in [0.5, 0.6) is 0 Å². The van der Waals surface area contributed by atoms with Crippen molar-refractivity contribution in [3.8, 4) is 0 Å². The number of aromatic nitrogens is 3. The summed E-state index contributed by atoms with van der Waals surface area (Å²) in [5, 5.41) is 7.58. The first-order chi connectivity index (χ1) is 12.8. The van der Waals surface area contributed by atoms with E-state index in [-0.39, 0.29) is 17.3 Å². The lowest BCUT2D eigenvalue weighted by Crippen LogP contribution is -2.36. The number of aryl methyl sites for hydroxylation is 1. The van der Waals surface area contributed by atoms with Crippen LogP contribution in [0.15, 0.2) is 23.0 Å². The number of hydrogen-bond donors (Lipinski definition) is 1. The molecule has 0 fully saturated rings. The van der Waals surface area contributed by atoms with Gasteiger partial charge in [0.1, 0.15) is 11.6 Å². The summed E-state index contributed by atoms with van der Waals surface area (Å²) < 4.78 is 17.0. The maximum Gasteiger partial charge on any atom is 0.345 e.